The summed E-state index contributed by atoms with van der Waals surface area (Å²) in [6.07, 6.45) is 3.94. The van der Waals surface area contributed by atoms with Crippen molar-refractivity contribution in [1.29, 1.82) is 0 Å². The Morgan fingerprint density at radius 2 is 2.28 bits per heavy atom. The predicted molar refractivity (Wildman–Crippen MR) is 73.8 cm³/mol. The van der Waals surface area contributed by atoms with Crippen LogP contribution in [-0.2, 0) is 16.0 Å². The van der Waals surface area contributed by atoms with Crippen LogP contribution in [0.5, 0.6) is 0 Å². The Kier molecular flexibility index (Phi) is 5.20. The molecule has 0 spiro atoms. The molecule has 0 radical (unpaired) electrons. The van der Waals surface area contributed by atoms with Crippen LogP contribution in [-0.4, -0.2) is 37.6 Å². The first-order valence-corrected chi connectivity index (χ1v) is 7.48. The third-order valence-electron chi connectivity index (χ3n) is 3.54. The van der Waals surface area contributed by atoms with Gasteiger partial charge in [-0.3, -0.25) is 4.79 Å². The summed E-state index contributed by atoms with van der Waals surface area (Å²) in [5, 5.41) is 2.02. The number of hydrogen-bond acceptors (Lipinski definition) is 3. The topological polar surface area (TPSA) is 29.5 Å². The smallest absolute Gasteiger partial charge is 0.227 e. The van der Waals surface area contributed by atoms with Gasteiger partial charge in [-0.2, -0.15) is 0 Å². The van der Waals surface area contributed by atoms with Gasteiger partial charge >= 0.3 is 0 Å². The molecule has 0 atom stereocenters. The second-order valence-electron chi connectivity index (χ2n) is 4.92. The zero-order valence-corrected chi connectivity index (χ0v) is 11.7. The number of hydrogen-bond donors (Lipinski definition) is 0. The molecule has 0 unspecified atom stereocenters. The third kappa shape index (κ3) is 4.10. The maximum absolute atomic E-state index is 12.0. The summed E-state index contributed by atoms with van der Waals surface area (Å²) in [7, 11) is 1.91. The summed E-state index contributed by atoms with van der Waals surface area (Å²) in [6, 6.07) is 4.02. The van der Waals surface area contributed by atoms with Crippen LogP contribution in [0.3, 0.4) is 0 Å². The highest BCUT2D eigenvalue weighted by Crippen LogP contribution is 2.18. The van der Waals surface area contributed by atoms with Gasteiger partial charge in [0.25, 0.3) is 0 Å². The van der Waals surface area contributed by atoms with Gasteiger partial charge in [-0.15, -0.1) is 11.3 Å². The van der Waals surface area contributed by atoms with Crippen LogP contribution in [0.15, 0.2) is 17.5 Å². The maximum atomic E-state index is 12.0. The molecule has 18 heavy (non-hydrogen) atoms. The Labute approximate surface area is 113 Å². The molecule has 0 N–H and O–H groups in total. The highest BCUT2D eigenvalue weighted by molar-refractivity contribution is 7.10. The summed E-state index contributed by atoms with van der Waals surface area (Å²) < 4.78 is 5.34. The van der Waals surface area contributed by atoms with E-state index in [0.29, 0.717) is 6.42 Å². The van der Waals surface area contributed by atoms with E-state index in [0.717, 1.165) is 49.8 Å². The van der Waals surface area contributed by atoms with Crippen molar-refractivity contribution in [2.75, 3.05) is 26.8 Å². The number of carbonyl (C=O) groups excluding carboxylic acids is 1. The monoisotopic (exact) mass is 267 g/mol. The first-order valence-electron chi connectivity index (χ1n) is 6.60. The van der Waals surface area contributed by atoms with Crippen molar-refractivity contribution in [3.8, 4) is 0 Å². The number of amides is 1. The third-order valence-corrected chi connectivity index (χ3v) is 4.42. The van der Waals surface area contributed by atoms with Crippen molar-refractivity contribution in [3.63, 3.8) is 0 Å². The normalized spacial score (nSPS) is 16.7. The first-order chi connectivity index (χ1) is 8.75. The number of ether oxygens (including phenoxy) is 1. The Balaban J connectivity index is 1.70. The molecule has 0 aromatic carbocycles. The van der Waals surface area contributed by atoms with Gasteiger partial charge in [0.05, 0.1) is 6.42 Å². The molecular weight excluding hydrogens is 246 g/mol. The van der Waals surface area contributed by atoms with E-state index in [9.17, 15) is 4.79 Å². The molecule has 1 saturated heterocycles. The molecule has 2 rings (SSSR count). The van der Waals surface area contributed by atoms with Crippen LogP contribution < -0.4 is 0 Å². The van der Waals surface area contributed by atoms with Crippen molar-refractivity contribution in [2.45, 2.75) is 25.7 Å². The van der Waals surface area contributed by atoms with Crippen LogP contribution in [0.25, 0.3) is 0 Å². The van der Waals surface area contributed by atoms with E-state index in [1.54, 1.807) is 11.3 Å². The molecular formula is C14H21NO2S. The standard InChI is InChI=1S/C14H21NO2S/c1-15(7-4-12-5-8-17-9-6-12)14(16)11-13-3-2-10-18-13/h2-3,10,12H,4-9,11H2,1H3. The van der Waals surface area contributed by atoms with Crippen molar-refractivity contribution in [1.82, 2.24) is 4.90 Å². The summed E-state index contributed by atoms with van der Waals surface area (Å²) in [5.74, 6) is 0.959. The fourth-order valence-electron chi connectivity index (χ4n) is 2.23. The van der Waals surface area contributed by atoms with Gasteiger partial charge in [-0.25, -0.2) is 0 Å². The van der Waals surface area contributed by atoms with E-state index >= 15 is 0 Å². The fraction of sp³-hybridized carbons (Fsp3) is 0.643. The highest BCUT2D eigenvalue weighted by Gasteiger charge is 2.16. The second-order valence-corrected chi connectivity index (χ2v) is 5.95. The van der Waals surface area contributed by atoms with E-state index in [1.165, 1.54) is 0 Å². The lowest BCUT2D eigenvalue weighted by atomic mass is 9.96. The van der Waals surface area contributed by atoms with Gasteiger partial charge in [-0.05, 0) is 36.6 Å². The van der Waals surface area contributed by atoms with Crippen LogP contribution in [0.1, 0.15) is 24.1 Å². The molecule has 1 aliphatic heterocycles. The summed E-state index contributed by atoms with van der Waals surface area (Å²) in [6.45, 7) is 2.64. The van der Waals surface area contributed by atoms with Gasteiger partial charge in [0.15, 0.2) is 0 Å². The van der Waals surface area contributed by atoms with E-state index in [1.807, 2.05) is 29.5 Å². The minimum Gasteiger partial charge on any atom is -0.381 e. The largest absolute Gasteiger partial charge is 0.381 e. The van der Waals surface area contributed by atoms with Crippen molar-refractivity contribution in [3.05, 3.63) is 22.4 Å². The van der Waals surface area contributed by atoms with Gasteiger partial charge < -0.3 is 9.64 Å². The first kappa shape index (κ1) is 13.6. The summed E-state index contributed by atoms with van der Waals surface area (Å²) in [5.41, 5.74) is 0. The summed E-state index contributed by atoms with van der Waals surface area (Å²) in [4.78, 5) is 15.0. The molecule has 2 heterocycles. The lowest BCUT2D eigenvalue weighted by Gasteiger charge is -2.24. The van der Waals surface area contributed by atoms with E-state index < -0.39 is 0 Å². The fourth-order valence-corrected chi connectivity index (χ4v) is 2.93. The van der Waals surface area contributed by atoms with Crippen molar-refractivity contribution in [2.24, 2.45) is 5.92 Å². The molecule has 1 aromatic heterocycles. The lowest BCUT2D eigenvalue weighted by Crippen LogP contribution is -2.31. The quantitative estimate of drug-likeness (QED) is 0.820. The van der Waals surface area contributed by atoms with Crippen LogP contribution in [0, 0.1) is 5.92 Å². The van der Waals surface area contributed by atoms with E-state index in [2.05, 4.69) is 0 Å². The average Bonchev–Trinajstić information content (AvgIpc) is 2.90. The van der Waals surface area contributed by atoms with E-state index in [4.69, 9.17) is 4.74 Å². The number of likely N-dealkylation sites (N-methyl/N-ethyl adjacent to an activating group) is 1. The van der Waals surface area contributed by atoms with Crippen LogP contribution >= 0.6 is 11.3 Å². The molecule has 0 saturated carbocycles. The molecule has 1 amide bonds. The van der Waals surface area contributed by atoms with Crippen molar-refractivity contribution < 1.29 is 9.53 Å². The zero-order valence-electron chi connectivity index (χ0n) is 10.9. The van der Waals surface area contributed by atoms with Crippen molar-refractivity contribution >= 4 is 17.2 Å². The number of nitrogens with zero attached hydrogens (tertiary/aromatic N) is 1. The minimum atomic E-state index is 0.226. The van der Waals surface area contributed by atoms with Gasteiger partial charge in [0.1, 0.15) is 0 Å². The number of thiophene rings is 1. The highest BCUT2D eigenvalue weighted by atomic mass is 32.1. The Morgan fingerprint density at radius 3 is 2.94 bits per heavy atom. The van der Waals surface area contributed by atoms with Crippen LogP contribution in [0.2, 0.25) is 0 Å². The molecule has 0 bridgehead atoms. The lowest BCUT2D eigenvalue weighted by molar-refractivity contribution is -0.129. The Hall–Kier alpha value is -0.870. The zero-order chi connectivity index (χ0) is 12.8. The predicted octanol–water partition coefficient (Wildman–Crippen LogP) is 2.57. The van der Waals surface area contributed by atoms with Gasteiger partial charge in [-0.1, -0.05) is 6.07 Å². The SMILES string of the molecule is CN(CCC1CCOCC1)C(=O)Cc1cccs1. The van der Waals surface area contributed by atoms with Crippen LogP contribution in [0.4, 0.5) is 0 Å². The molecule has 3 nitrogen and oxygen atoms in total. The maximum Gasteiger partial charge on any atom is 0.227 e. The molecule has 0 aliphatic carbocycles. The van der Waals surface area contributed by atoms with Gasteiger partial charge in [0, 0.05) is 31.7 Å². The Bertz CT molecular complexity index is 358. The molecule has 100 valence electrons. The van der Waals surface area contributed by atoms with Gasteiger partial charge in [0.2, 0.25) is 5.91 Å². The average molecular weight is 267 g/mol. The van der Waals surface area contributed by atoms with E-state index in [-0.39, 0.29) is 5.91 Å². The minimum absolute atomic E-state index is 0.226. The summed E-state index contributed by atoms with van der Waals surface area (Å²) >= 11 is 1.65. The molecule has 1 aromatic rings. The second kappa shape index (κ2) is 6.90. The number of carbonyl (C=O) groups is 1. The molecule has 1 fully saturated rings. The molecule has 4 heteroatoms. The Morgan fingerprint density at radius 1 is 1.50 bits per heavy atom. The number of rotatable bonds is 5. The molecule has 1 aliphatic rings.